The highest BCUT2D eigenvalue weighted by Crippen LogP contribution is 2.25. The Labute approximate surface area is 126 Å². The fourth-order valence-electron chi connectivity index (χ4n) is 1.83. The minimum Gasteiger partial charge on any atom is -0.321 e. The van der Waals surface area contributed by atoms with Gasteiger partial charge in [-0.25, -0.2) is 0 Å². The molecule has 2 aromatic rings. The lowest BCUT2D eigenvalue weighted by atomic mass is 10.1. The largest absolute Gasteiger partial charge is 0.321 e. The van der Waals surface area contributed by atoms with E-state index in [0.717, 1.165) is 11.8 Å². The number of rotatable bonds is 4. The summed E-state index contributed by atoms with van der Waals surface area (Å²) < 4.78 is 0. The van der Waals surface area contributed by atoms with E-state index in [0.29, 0.717) is 21.7 Å². The molecule has 0 aromatic heterocycles. The molecule has 5 heteroatoms. The van der Waals surface area contributed by atoms with E-state index in [1.807, 2.05) is 11.5 Å². The van der Waals surface area contributed by atoms with Crippen LogP contribution < -0.4 is 5.32 Å². The van der Waals surface area contributed by atoms with Crippen LogP contribution in [0.25, 0.3) is 0 Å². The first-order chi connectivity index (χ1) is 10.1. The summed E-state index contributed by atoms with van der Waals surface area (Å²) in [5.74, 6) is -0.441. The average molecular weight is 296 g/mol. The number of carbonyl (C=O) groups is 2. The second kappa shape index (κ2) is 6.73. The fraction of sp³-hybridized carbons (Fsp3) is 0.0625. The number of carbonyl (C=O) groups excluding carboxylic acids is 2. The highest BCUT2D eigenvalue weighted by molar-refractivity contribution is 8.03. The third-order valence-corrected chi connectivity index (χ3v) is 3.40. The lowest BCUT2D eigenvalue weighted by Crippen LogP contribution is -2.14. The van der Waals surface area contributed by atoms with E-state index in [-0.39, 0.29) is 11.7 Å². The highest BCUT2D eigenvalue weighted by Gasteiger charge is 2.12. The van der Waals surface area contributed by atoms with Crippen LogP contribution in [-0.4, -0.2) is 11.7 Å². The number of benzene rings is 2. The third kappa shape index (κ3) is 3.71. The topological polar surface area (TPSA) is 70.0 Å². The molecule has 0 saturated carbocycles. The maximum atomic E-state index is 12.2. The van der Waals surface area contributed by atoms with Crippen molar-refractivity contribution < 1.29 is 9.59 Å². The molecule has 1 amide bonds. The second-order valence-corrected chi connectivity index (χ2v) is 5.14. The van der Waals surface area contributed by atoms with Gasteiger partial charge in [0.1, 0.15) is 5.40 Å². The Bertz CT molecular complexity index is 721. The molecule has 0 spiro atoms. The van der Waals surface area contributed by atoms with Gasteiger partial charge >= 0.3 is 0 Å². The molecule has 0 radical (unpaired) electrons. The van der Waals surface area contributed by atoms with Crippen molar-refractivity contribution in [1.29, 1.82) is 5.26 Å². The predicted octanol–water partition coefficient (Wildman–Crippen LogP) is 3.71. The predicted molar refractivity (Wildman–Crippen MR) is 82.3 cm³/mol. The van der Waals surface area contributed by atoms with Crippen molar-refractivity contribution in [1.82, 2.24) is 0 Å². The smallest absolute Gasteiger partial charge is 0.255 e. The molecule has 2 aromatic carbocycles. The Balaban J connectivity index is 2.33. The summed E-state index contributed by atoms with van der Waals surface area (Å²) in [7, 11) is 0. The van der Waals surface area contributed by atoms with Crippen molar-refractivity contribution in [2.24, 2.45) is 0 Å². The van der Waals surface area contributed by atoms with Gasteiger partial charge in [0, 0.05) is 16.0 Å². The summed E-state index contributed by atoms with van der Waals surface area (Å²) in [6, 6.07) is 13.7. The summed E-state index contributed by atoms with van der Waals surface area (Å²) in [6.07, 6.45) is 0. The number of amides is 1. The molecule has 0 aliphatic rings. The minimum absolute atomic E-state index is 0.146. The first kappa shape index (κ1) is 14.8. The number of thioether (sulfide) groups is 1. The van der Waals surface area contributed by atoms with Crippen LogP contribution in [0.4, 0.5) is 5.69 Å². The van der Waals surface area contributed by atoms with Crippen molar-refractivity contribution in [2.45, 2.75) is 11.8 Å². The van der Waals surface area contributed by atoms with Crippen molar-refractivity contribution in [2.75, 3.05) is 5.32 Å². The molecular formula is C16H12N2O2S. The van der Waals surface area contributed by atoms with Crippen molar-refractivity contribution in [3.8, 4) is 5.40 Å². The molecule has 21 heavy (non-hydrogen) atoms. The standard InChI is InChI=1S/C16H12N2O2S/c1-11(19)14-8-7-13(21-10-17)9-15(14)18-16(20)12-5-3-2-4-6-12/h2-9H,1H3,(H,18,20). The van der Waals surface area contributed by atoms with Gasteiger partial charge in [-0.3, -0.25) is 9.59 Å². The van der Waals surface area contributed by atoms with Gasteiger partial charge in [-0.2, -0.15) is 5.26 Å². The quantitative estimate of drug-likeness (QED) is 0.530. The zero-order valence-corrected chi connectivity index (χ0v) is 12.1. The minimum atomic E-state index is -0.294. The first-order valence-electron chi connectivity index (χ1n) is 6.19. The zero-order chi connectivity index (χ0) is 15.2. The summed E-state index contributed by atoms with van der Waals surface area (Å²) in [5, 5.41) is 13.4. The van der Waals surface area contributed by atoms with Crippen LogP contribution in [0.1, 0.15) is 27.6 Å². The van der Waals surface area contributed by atoms with E-state index in [4.69, 9.17) is 5.26 Å². The van der Waals surface area contributed by atoms with E-state index < -0.39 is 0 Å². The van der Waals surface area contributed by atoms with Gasteiger partial charge in [-0.1, -0.05) is 18.2 Å². The van der Waals surface area contributed by atoms with Crippen LogP contribution in [0.3, 0.4) is 0 Å². The Hall–Kier alpha value is -2.58. The maximum absolute atomic E-state index is 12.2. The number of nitriles is 1. The molecule has 0 unspecified atom stereocenters. The highest BCUT2D eigenvalue weighted by atomic mass is 32.2. The van der Waals surface area contributed by atoms with Crippen LogP contribution in [0.15, 0.2) is 53.4 Å². The van der Waals surface area contributed by atoms with Gasteiger partial charge < -0.3 is 5.32 Å². The molecule has 0 aliphatic carbocycles. The Kier molecular flexibility index (Phi) is 4.75. The van der Waals surface area contributed by atoms with Crippen LogP contribution >= 0.6 is 11.8 Å². The molecule has 2 rings (SSSR count). The van der Waals surface area contributed by atoms with E-state index in [2.05, 4.69) is 5.32 Å². The molecule has 0 atom stereocenters. The number of hydrogen-bond donors (Lipinski definition) is 1. The number of thiocyanates is 1. The molecule has 0 heterocycles. The van der Waals surface area contributed by atoms with E-state index in [1.165, 1.54) is 6.92 Å². The first-order valence-corrected chi connectivity index (χ1v) is 7.01. The maximum Gasteiger partial charge on any atom is 0.255 e. The number of nitrogens with zero attached hydrogens (tertiary/aromatic N) is 1. The number of Topliss-reactive ketones (excluding diaryl/α,β-unsaturated/α-hetero) is 1. The third-order valence-electron chi connectivity index (χ3n) is 2.82. The van der Waals surface area contributed by atoms with Crippen LogP contribution in [0.5, 0.6) is 0 Å². The lowest BCUT2D eigenvalue weighted by molar-refractivity contribution is 0.101. The summed E-state index contributed by atoms with van der Waals surface area (Å²) in [4.78, 5) is 24.5. The number of anilines is 1. The summed E-state index contributed by atoms with van der Waals surface area (Å²) >= 11 is 0.976. The van der Waals surface area contributed by atoms with E-state index in [1.54, 1.807) is 42.5 Å². The van der Waals surface area contributed by atoms with Crippen molar-refractivity contribution in [3.05, 3.63) is 59.7 Å². The van der Waals surface area contributed by atoms with Crippen LogP contribution in [-0.2, 0) is 0 Å². The zero-order valence-electron chi connectivity index (χ0n) is 11.3. The van der Waals surface area contributed by atoms with Gasteiger partial charge in [-0.05, 0) is 49.0 Å². The summed E-state index contributed by atoms with van der Waals surface area (Å²) in [6.45, 7) is 1.44. The van der Waals surface area contributed by atoms with Gasteiger partial charge in [0.2, 0.25) is 0 Å². The average Bonchev–Trinajstić information content (AvgIpc) is 2.48. The number of ketones is 1. The number of nitrogens with one attached hydrogen (secondary N) is 1. The number of hydrogen-bond acceptors (Lipinski definition) is 4. The van der Waals surface area contributed by atoms with Crippen LogP contribution in [0, 0.1) is 10.7 Å². The van der Waals surface area contributed by atoms with E-state index >= 15 is 0 Å². The molecular weight excluding hydrogens is 284 g/mol. The van der Waals surface area contributed by atoms with Gasteiger partial charge in [0.05, 0.1) is 5.69 Å². The molecule has 0 bridgehead atoms. The SMILES string of the molecule is CC(=O)c1ccc(SC#N)cc1NC(=O)c1ccccc1. The van der Waals surface area contributed by atoms with Crippen molar-refractivity contribution >= 4 is 29.1 Å². The Morgan fingerprint density at radius 2 is 1.86 bits per heavy atom. The molecule has 0 fully saturated rings. The molecule has 104 valence electrons. The normalized spacial score (nSPS) is 9.71. The van der Waals surface area contributed by atoms with Gasteiger partial charge in [0.25, 0.3) is 5.91 Å². The lowest BCUT2D eigenvalue weighted by Gasteiger charge is -2.10. The van der Waals surface area contributed by atoms with Crippen LogP contribution in [0.2, 0.25) is 0 Å². The molecule has 0 saturated heterocycles. The monoisotopic (exact) mass is 296 g/mol. The Morgan fingerprint density at radius 3 is 2.48 bits per heavy atom. The Morgan fingerprint density at radius 1 is 1.14 bits per heavy atom. The molecule has 4 nitrogen and oxygen atoms in total. The molecule has 0 aliphatic heterocycles. The second-order valence-electron chi connectivity index (χ2n) is 4.28. The van der Waals surface area contributed by atoms with Gasteiger partial charge in [-0.15, -0.1) is 0 Å². The van der Waals surface area contributed by atoms with Gasteiger partial charge in [0.15, 0.2) is 5.78 Å². The van der Waals surface area contributed by atoms with E-state index in [9.17, 15) is 9.59 Å². The molecule has 1 N–H and O–H groups in total. The summed E-state index contributed by atoms with van der Waals surface area (Å²) in [5.41, 5.74) is 1.34. The van der Waals surface area contributed by atoms with Crippen molar-refractivity contribution in [3.63, 3.8) is 0 Å². The fourth-order valence-corrected chi connectivity index (χ4v) is 2.25.